The van der Waals surface area contributed by atoms with Gasteiger partial charge >= 0.3 is 0 Å². The lowest BCUT2D eigenvalue weighted by molar-refractivity contribution is -0.538. The van der Waals surface area contributed by atoms with Crippen LogP contribution in [0.5, 0.6) is 0 Å². The first kappa shape index (κ1) is 12.6. The Bertz CT molecular complexity index is 934. The van der Waals surface area contributed by atoms with Crippen molar-refractivity contribution in [1.29, 1.82) is 0 Å². The first-order valence-corrected chi connectivity index (χ1v) is 7.08. The number of rotatable bonds is 1. The molecule has 0 bridgehead atoms. The average Bonchev–Trinajstić information content (AvgIpc) is 2.54. The number of nitrogens with zero attached hydrogens (tertiary/aromatic N) is 2. The Labute approximate surface area is 127 Å². The smallest absolute Gasteiger partial charge is 0.239 e. The van der Waals surface area contributed by atoms with Crippen LogP contribution in [0.25, 0.3) is 27.8 Å². The van der Waals surface area contributed by atoms with Crippen LogP contribution in [0.15, 0.2) is 66.7 Å². The minimum Gasteiger partial charge on any atom is -0.399 e. The monoisotopic (exact) mass is 287 g/mol. The number of hydrogen-bond donors (Lipinski definition) is 2. The number of nitrogens with two attached hydrogens (primary N) is 2. The van der Waals surface area contributed by atoms with E-state index in [1.165, 1.54) is 0 Å². The number of hydrogen-bond acceptors (Lipinski definition) is 3. The van der Waals surface area contributed by atoms with E-state index in [2.05, 4.69) is 16.7 Å². The van der Waals surface area contributed by atoms with Gasteiger partial charge in [-0.1, -0.05) is 18.2 Å². The van der Waals surface area contributed by atoms with Crippen molar-refractivity contribution >= 4 is 33.4 Å². The lowest BCUT2D eigenvalue weighted by Crippen LogP contribution is -2.33. The van der Waals surface area contributed by atoms with E-state index in [0.717, 1.165) is 27.8 Å². The molecule has 0 fully saturated rings. The Hall–Kier alpha value is -3.14. The fraction of sp³-hybridized carbons (Fsp3) is 0. The Morgan fingerprint density at radius 3 is 1.77 bits per heavy atom. The molecule has 0 saturated heterocycles. The van der Waals surface area contributed by atoms with E-state index in [-0.39, 0.29) is 0 Å². The van der Waals surface area contributed by atoms with Crippen molar-refractivity contribution < 1.29 is 4.57 Å². The summed E-state index contributed by atoms with van der Waals surface area (Å²) < 4.78 is 2.14. The van der Waals surface area contributed by atoms with E-state index in [0.29, 0.717) is 11.4 Å². The highest BCUT2D eigenvalue weighted by Crippen LogP contribution is 2.20. The van der Waals surface area contributed by atoms with Crippen molar-refractivity contribution in [1.82, 2.24) is 4.98 Å². The highest BCUT2D eigenvalue weighted by Gasteiger charge is 2.19. The van der Waals surface area contributed by atoms with Gasteiger partial charge in [0.25, 0.3) is 0 Å². The van der Waals surface area contributed by atoms with Gasteiger partial charge in [0.15, 0.2) is 0 Å². The summed E-state index contributed by atoms with van der Waals surface area (Å²) >= 11 is 0. The SMILES string of the molecule is Nc1ccc2nc3ccc(N)cc3[n+](-c3ccccc3)c2c1. The maximum atomic E-state index is 5.98. The minimum atomic E-state index is 0.710. The number of para-hydroxylation sites is 1. The van der Waals surface area contributed by atoms with Gasteiger partial charge in [-0.25, -0.2) is 4.98 Å². The van der Waals surface area contributed by atoms with Crippen molar-refractivity contribution in [3.05, 3.63) is 66.7 Å². The molecule has 0 amide bonds. The molecule has 0 saturated carbocycles. The van der Waals surface area contributed by atoms with Crippen molar-refractivity contribution in [2.45, 2.75) is 0 Å². The van der Waals surface area contributed by atoms with Crippen molar-refractivity contribution in [3.8, 4) is 5.69 Å². The first-order valence-electron chi connectivity index (χ1n) is 7.08. The van der Waals surface area contributed by atoms with Crippen LogP contribution in [0.1, 0.15) is 0 Å². The molecule has 106 valence electrons. The summed E-state index contributed by atoms with van der Waals surface area (Å²) in [5.41, 5.74) is 18.2. The van der Waals surface area contributed by atoms with E-state index < -0.39 is 0 Å². The maximum Gasteiger partial charge on any atom is 0.239 e. The van der Waals surface area contributed by atoms with Crippen LogP contribution in [0.4, 0.5) is 11.4 Å². The van der Waals surface area contributed by atoms with Gasteiger partial charge in [0.2, 0.25) is 16.7 Å². The summed E-state index contributed by atoms with van der Waals surface area (Å²) in [6.07, 6.45) is 0. The highest BCUT2D eigenvalue weighted by atomic mass is 15.0. The first-order chi connectivity index (χ1) is 10.7. The molecule has 0 radical (unpaired) electrons. The van der Waals surface area contributed by atoms with Crippen LogP contribution >= 0.6 is 0 Å². The van der Waals surface area contributed by atoms with Crippen LogP contribution in [-0.4, -0.2) is 4.98 Å². The Kier molecular flexibility index (Phi) is 2.69. The molecule has 4 rings (SSSR count). The molecule has 3 aromatic carbocycles. The second-order valence-electron chi connectivity index (χ2n) is 5.28. The number of anilines is 2. The van der Waals surface area contributed by atoms with E-state index in [9.17, 15) is 0 Å². The molecule has 0 aliphatic heterocycles. The highest BCUT2D eigenvalue weighted by molar-refractivity contribution is 5.85. The molecule has 0 unspecified atom stereocenters. The van der Waals surface area contributed by atoms with Gasteiger partial charge in [0, 0.05) is 35.6 Å². The van der Waals surface area contributed by atoms with Gasteiger partial charge in [0.05, 0.1) is 0 Å². The van der Waals surface area contributed by atoms with Crippen molar-refractivity contribution in [3.63, 3.8) is 0 Å². The van der Waals surface area contributed by atoms with Gasteiger partial charge < -0.3 is 11.5 Å². The molecule has 4 aromatic rings. The summed E-state index contributed by atoms with van der Waals surface area (Å²) in [4.78, 5) is 4.71. The minimum absolute atomic E-state index is 0.710. The van der Waals surface area contributed by atoms with Crippen LogP contribution < -0.4 is 16.0 Å². The third kappa shape index (κ3) is 1.93. The van der Waals surface area contributed by atoms with E-state index in [4.69, 9.17) is 16.5 Å². The molecular formula is C18H15N4+. The van der Waals surface area contributed by atoms with Crippen molar-refractivity contribution in [2.75, 3.05) is 11.5 Å². The second-order valence-corrected chi connectivity index (χ2v) is 5.28. The lowest BCUT2D eigenvalue weighted by Gasteiger charge is -2.06. The fourth-order valence-corrected chi connectivity index (χ4v) is 2.74. The van der Waals surface area contributed by atoms with Crippen LogP contribution in [0, 0.1) is 0 Å². The summed E-state index contributed by atoms with van der Waals surface area (Å²) in [6, 6.07) is 21.7. The molecule has 1 heterocycles. The molecular weight excluding hydrogens is 272 g/mol. The largest absolute Gasteiger partial charge is 0.399 e. The Morgan fingerprint density at radius 2 is 1.23 bits per heavy atom. The molecule has 0 spiro atoms. The molecule has 1 aromatic heterocycles. The van der Waals surface area contributed by atoms with Crippen LogP contribution in [0.3, 0.4) is 0 Å². The molecule has 4 nitrogen and oxygen atoms in total. The number of nitrogen functional groups attached to an aromatic ring is 2. The second kappa shape index (κ2) is 4.70. The summed E-state index contributed by atoms with van der Waals surface area (Å²) in [7, 11) is 0. The number of aromatic nitrogens is 2. The molecule has 4 heteroatoms. The summed E-state index contributed by atoms with van der Waals surface area (Å²) in [5, 5.41) is 0. The van der Waals surface area contributed by atoms with Crippen molar-refractivity contribution in [2.24, 2.45) is 0 Å². The van der Waals surface area contributed by atoms with Gasteiger partial charge in [-0.3, -0.25) is 0 Å². The quantitative estimate of drug-likeness (QED) is 0.321. The fourth-order valence-electron chi connectivity index (χ4n) is 2.74. The van der Waals surface area contributed by atoms with Gasteiger partial charge in [-0.05, 0) is 24.3 Å². The Morgan fingerprint density at radius 1 is 0.682 bits per heavy atom. The lowest BCUT2D eigenvalue weighted by atomic mass is 10.2. The van der Waals surface area contributed by atoms with Gasteiger partial charge in [-0.2, -0.15) is 0 Å². The van der Waals surface area contributed by atoms with Crippen LogP contribution in [0.2, 0.25) is 0 Å². The van der Waals surface area contributed by atoms with E-state index in [1.807, 2.05) is 54.6 Å². The molecule has 22 heavy (non-hydrogen) atoms. The van der Waals surface area contributed by atoms with E-state index >= 15 is 0 Å². The summed E-state index contributed by atoms with van der Waals surface area (Å²) in [5.74, 6) is 0. The average molecular weight is 287 g/mol. The zero-order valence-electron chi connectivity index (χ0n) is 11.9. The number of fused-ring (bicyclic) bond motifs is 2. The maximum absolute atomic E-state index is 5.98. The predicted molar refractivity (Wildman–Crippen MR) is 89.6 cm³/mol. The predicted octanol–water partition coefficient (Wildman–Crippen LogP) is 2.83. The summed E-state index contributed by atoms with van der Waals surface area (Å²) in [6.45, 7) is 0. The Balaban J connectivity index is 2.24. The normalized spacial score (nSPS) is 11.1. The third-order valence-electron chi connectivity index (χ3n) is 3.74. The zero-order chi connectivity index (χ0) is 15.1. The van der Waals surface area contributed by atoms with Crippen LogP contribution in [-0.2, 0) is 0 Å². The van der Waals surface area contributed by atoms with E-state index in [1.54, 1.807) is 0 Å². The molecule has 0 aliphatic carbocycles. The van der Waals surface area contributed by atoms with Gasteiger partial charge in [0.1, 0.15) is 11.0 Å². The standard InChI is InChI=1S/C18H14N4/c19-12-6-8-15-17(10-12)22(14-4-2-1-3-5-14)18-11-13(20)7-9-16(18)21-15/h1-11H,(H3,19,20)/p+1. The van der Waals surface area contributed by atoms with Gasteiger partial charge in [-0.15, -0.1) is 4.57 Å². The number of benzene rings is 3. The molecule has 0 atom stereocenters. The molecule has 4 N–H and O–H groups in total. The topological polar surface area (TPSA) is 68.8 Å². The third-order valence-corrected chi connectivity index (χ3v) is 3.74. The molecule has 0 aliphatic rings. The zero-order valence-corrected chi connectivity index (χ0v) is 11.9.